The van der Waals surface area contributed by atoms with Gasteiger partial charge in [-0.3, -0.25) is 9.59 Å². The highest BCUT2D eigenvalue weighted by molar-refractivity contribution is 5.97. The number of ketones is 1. The van der Waals surface area contributed by atoms with Gasteiger partial charge >= 0.3 is 5.97 Å². The van der Waals surface area contributed by atoms with E-state index in [0.717, 1.165) is 37.9 Å². The van der Waals surface area contributed by atoms with Crippen LogP contribution in [0.15, 0.2) is 54.6 Å². The Morgan fingerprint density at radius 3 is 2.10 bits per heavy atom. The summed E-state index contributed by atoms with van der Waals surface area (Å²) in [5, 5.41) is 0. The molecule has 1 atom stereocenters. The van der Waals surface area contributed by atoms with Crippen LogP contribution in [-0.2, 0) is 14.3 Å². The maximum absolute atomic E-state index is 11.8. The monoisotopic (exact) mass is 396 g/mol. The fourth-order valence-electron chi connectivity index (χ4n) is 3.28. The normalized spacial score (nSPS) is 11.7. The minimum atomic E-state index is -0.600. The molecule has 0 aliphatic heterocycles. The van der Waals surface area contributed by atoms with Gasteiger partial charge in [-0.25, -0.2) is 0 Å². The third-order valence-electron chi connectivity index (χ3n) is 4.93. The zero-order valence-electron chi connectivity index (χ0n) is 17.6. The number of Topliss-reactive ketones (excluding diaryl/α,β-unsaturated/α-hetero) is 1. The lowest BCUT2D eigenvalue weighted by Gasteiger charge is -2.12. The SMILES string of the molecule is CCOC(=O)C(CCCCCCCOc1ccc(-c2ccccc2)cc1)C(C)=O. The first-order valence-electron chi connectivity index (χ1n) is 10.6. The summed E-state index contributed by atoms with van der Waals surface area (Å²) in [5.74, 6) is -0.192. The van der Waals surface area contributed by atoms with Gasteiger partial charge in [0.1, 0.15) is 17.5 Å². The Morgan fingerprint density at radius 2 is 1.45 bits per heavy atom. The molecule has 29 heavy (non-hydrogen) atoms. The number of hydrogen-bond acceptors (Lipinski definition) is 4. The average Bonchev–Trinajstić information content (AvgIpc) is 2.73. The van der Waals surface area contributed by atoms with Crippen LogP contribution in [0.1, 0.15) is 52.4 Å². The Hall–Kier alpha value is -2.62. The summed E-state index contributed by atoms with van der Waals surface area (Å²) < 4.78 is 10.8. The lowest BCUT2D eigenvalue weighted by molar-refractivity contribution is -0.151. The van der Waals surface area contributed by atoms with Crippen molar-refractivity contribution in [3.8, 4) is 16.9 Å². The Kier molecular flexibility index (Phi) is 9.98. The molecule has 0 aliphatic rings. The van der Waals surface area contributed by atoms with Gasteiger partial charge in [-0.05, 0) is 49.9 Å². The number of rotatable bonds is 13. The van der Waals surface area contributed by atoms with Crippen LogP contribution < -0.4 is 4.74 Å². The highest BCUT2D eigenvalue weighted by atomic mass is 16.5. The largest absolute Gasteiger partial charge is 0.494 e. The molecule has 4 nitrogen and oxygen atoms in total. The van der Waals surface area contributed by atoms with Crippen LogP contribution in [0.2, 0.25) is 0 Å². The van der Waals surface area contributed by atoms with Crippen molar-refractivity contribution in [2.75, 3.05) is 13.2 Å². The first kappa shape index (κ1) is 22.7. The number of carbonyl (C=O) groups excluding carboxylic acids is 2. The molecule has 0 aliphatic carbocycles. The maximum Gasteiger partial charge on any atom is 0.316 e. The summed E-state index contributed by atoms with van der Waals surface area (Å²) >= 11 is 0. The third-order valence-corrected chi connectivity index (χ3v) is 4.93. The highest BCUT2D eigenvalue weighted by Gasteiger charge is 2.23. The second-order valence-corrected chi connectivity index (χ2v) is 7.21. The molecule has 0 saturated carbocycles. The molecule has 156 valence electrons. The van der Waals surface area contributed by atoms with E-state index in [2.05, 4.69) is 24.3 Å². The van der Waals surface area contributed by atoms with Crippen molar-refractivity contribution in [2.24, 2.45) is 5.92 Å². The predicted octanol–water partition coefficient (Wildman–Crippen LogP) is 5.84. The number of benzene rings is 2. The topological polar surface area (TPSA) is 52.6 Å². The van der Waals surface area contributed by atoms with E-state index in [1.807, 2.05) is 30.3 Å². The molecule has 0 fully saturated rings. The van der Waals surface area contributed by atoms with Crippen LogP contribution in [0.4, 0.5) is 0 Å². The maximum atomic E-state index is 11.8. The first-order valence-corrected chi connectivity index (χ1v) is 10.6. The van der Waals surface area contributed by atoms with Gasteiger partial charge in [0.25, 0.3) is 0 Å². The van der Waals surface area contributed by atoms with Gasteiger partial charge in [-0.2, -0.15) is 0 Å². The van der Waals surface area contributed by atoms with Gasteiger partial charge in [0.05, 0.1) is 13.2 Å². The second-order valence-electron chi connectivity index (χ2n) is 7.21. The Balaban J connectivity index is 1.58. The van der Waals surface area contributed by atoms with E-state index in [-0.39, 0.29) is 11.8 Å². The molecule has 0 spiro atoms. The smallest absolute Gasteiger partial charge is 0.316 e. The molecule has 2 aromatic rings. The molecule has 2 rings (SSSR count). The zero-order valence-corrected chi connectivity index (χ0v) is 17.6. The van der Waals surface area contributed by atoms with Gasteiger partial charge < -0.3 is 9.47 Å². The van der Waals surface area contributed by atoms with E-state index in [4.69, 9.17) is 9.47 Å². The first-order chi connectivity index (χ1) is 14.1. The van der Waals surface area contributed by atoms with Crippen LogP contribution in [0.3, 0.4) is 0 Å². The summed E-state index contributed by atoms with van der Waals surface area (Å²) in [6.45, 7) is 4.24. The third kappa shape index (κ3) is 8.10. The summed E-state index contributed by atoms with van der Waals surface area (Å²) in [5.41, 5.74) is 2.39. The molecule has 2 aromatic carbocycles. The van der Waals surface area contributed by atoms with Crippen molar-refractivity contribution >= 4 is 11.8 Å². The minimum absolute atomic E-state index is 0.102. The quantitative estimate of drug-likeness (QED) is 0.242. The summed E-state index contributed by atoms with van der Waals surface area (Å²) in [6.07, 6.45) is 5.60. The number of unbranched alkanes of at least 4 members (excludes halogenated alkanes) is 4. The van der Waals surface area contributed by atoms with Crippen molar-refractivity contribution in [3.05, 3.63) is 54.6 Å². The van der Waals surface area contributed by atoms with Crippen LogP contribution in [0.5, 0.6) is 5.75 Å². The van der Waals surface area contributed by atoms with Crippen LogP contribution in [0, 0.1) is 5.92 Å². The minimum Gasteiger partial charge on any atom is -0.494 e. The number of ether oxygens (including phenoxy) is 2. The number of carbonyl (C=O) groups is 2. The van der Waals surface area contributed by atoms with Gasteiger partial charge in [-0.15, -0.1) is 0 Å². The van der Waals surface area contributed by atoms with Gasteiger partial charge in [-0.1, -0.05) is 68.1 Å². The average molecular weight is 397 g/mol. The van der Waals surface area contributed by atoms with Crippen molar-refractivity contribution in [3.63, 3.8) is 0 Å². The Morgan fingerprint density at radius 1 is 0.828 bits per heavy atom. The molecule has 1 unspecified atom stereocenters. The van der Waals surface area contributed by atoms with Crippen molar-refractivity contribution in [1.29, 1.82) is 0 Å². The van der Waals surface area contributed by atoms with Gasteiger partial charge in [0.15, 0.2) is 0 Å². The van der Waals surface area contributed by atoms with Gasteiger partial charge in [0, 0.05) is 0 Å². The van der Waals surface area contributed by atoms with Gasteiger partial charge in [0.2, 0.25) is 0 Å². The van der Waals surface area contributed by atoms with Crippen molar-refractivity contribution in [2.45, 2.75) is 52.4 Å². The fourth-order valence-corrected chi connectivity index (χ4v) is 3.28. The molecule has 0 amide bonds. The molecule has 0 heterocycles. The molecule has 0 saturated heterocycles. The molecule has 0 bridgehead atoms. The van der Waals surface area contributed by atoms with Crippen LogP contribution in [0.25, 0.3) is 11.1 Å². The van der Waals surface area contributed by atoms with E-state index in [1.54, 1.807) is 6.92 Å². The van der Waals surface area contributed by atoms with E-state index < -0.39 is 5.92 Å². The lowest BCUT2D eigenvalue weighted by atomic mass is 9.97. The molecule has 0 radical (unpaired) electrons. The molecule has 4 heteroatoms. The van der Waals surface area contributed by atoms with Crippen molar-refractivity contribution < 1.29 is 19.1 Å². The number of esters is 1. The molecule has 0 aromatic heterocycles. The van der Waals surface area contributed by atoms with Crippen LogP contribution in [-0.4, -0.2) is 25.0 Å². The van der Waals surface area contributed by atoms with Crippen LogP contribution >= 0.6 is 0 Å². The predicted molar refractivity (Wildman–Crippen MR) is 116 cm³/mol. The summed E-state index contributed by atoms with van der Waals surface area (Å²) in [6, 6.07) is 18.5. The molecule has 0 N–H and O–H groups in total. The summed E-state index contributed by atoms with van der Waals surface area (Å²) in [7, 11) is 0. The van der Waals surface area contributed by atoms with E-state index in [0.29, 0.717) is 19.6 Å². The summed E-state index contributed by atoms with van der Waals surface area (Å²) in [4.78, 5) is 23.4. The Bertz CT molecular complexity index is 737. The zero-order chi connectivity index (χ0) is 20.9. The van der Waals surface area contributed by atoms with E-state index in [1.165, 1.54) is 18.1 Å². The number of hydrogen-bond donors (Lipinski definition) is 0. The van der Waals surface area contributed by atoms with Crippen molar-refractivity contribution in [1.82, 2.24) is 0 Å². The molecular weight excluding hydrogens is 364 g/mol. The lowest BCUT2D eigenvalue weighted by Crippen LogP contribution is -2.24. The molecular formula is C25H32O4. The van der Waals surface area contributed by atoms with E-state index in [9.17, 15) is 9.59 Å². The Labute approximate surface area is 174 Å². The fraction of sp³-hybridized carbons (Fsp3) is 0.440. The second kappa shape index (κ2) is 12.8. The van der Waals surface area contributed by atoms with E-state index >= 15 is 0 Å². The highest BCUT2D eigenvalue weighted by Crippen LogP contribution is 2.22. The standard InChI is InChI=1S/C25H32O4/c1-3-28-25(27)24(20(2)26)14-10-5-4-6-11-19-29-23-17-15-22(16-18-23)21-12-8-7-9-13-21/h7-9,12-13,15-18,24H,3-6,10-11,14,19H2,1-2H3.